The number of rotatable bonds is 6. The number of anilines is 3. The number of aromatic amines is 3. The third-order valence-electron chi connectivity index (χ3n) is 5.09. The van der Waals surface area contributed by atoms with Gasteiger partial charge in [0.25, 0.3) is 5.56 Å². The van der Waals surface area contributed by atoms with Gasteiger partial charge in [-0.2, -0.15) is 5.10 Å². The molecule has 9 nitrogen and oxygen atoms in total. The summed E-state index contributed by atoms with van der Waals surface area (Å²) in [5.41, 5.74) is 2.78. The first kappa shape index (κ1) is 18.7. The van der Waals surface area contributed by atoms with E-state index in [9.17, 15) is 4.79 Å². The average Bonchev–Trinajstić information content (AvgIpc) is 3.49. The molecule has 1 aliphatic heterocycles. The summed E-state index contributed by atoms with van der Waals surface area (Å²) < 4.78 is 0. The molecule has 0 atom stereocenters. The minimum atomic E-state index is -0.102. The summed E-state index contributed by atoms with van der Waals surface area (Å²) in [6.07, 6.45) is 2.37. The van der Waals surface area contributed by atoms with E-state index in [1.54, 1.807) is 11.8 Å². The fraction of sp³-hybridized carbons (Fsp3) is 0.300. The van der Waals surface area contributed by atoms with Crippen molar-refractivity contribution in [2.24, 2.45) is 0 Å². The average molecular weight is 423 g/mol. The van der Waals surface area contributed by atoms with Crippen LogP contribution in [0.1, 0.15) is 24.1 Å². The van der Waals surface area contributed by atoms with Gasteiger partial charge in [-0.15, -0.1) is 0 Å². The molecule has 0 radical (unpaired) electrons. The van der Waals surface area contributed by atoms with Gasteiger partial charge < -0.3 is 10.2 Å². The van der Waals surface area contributed by atoms with Gasteiger partial charge in [-0.05, 0) is 37.5 Å². The highest BCUT2D eigenvalue weighted by molar-refractivity contribution is 7.98. The van der Waals surface area contributed by atoms with Crippen LogP contribution >= 0.6 is 11.8 Å². The van der Waals surface area contributed by atoms with Gasteiger partial charge in [-0.3, -0.25) is 20.1 Å². The van der Waals surface area contributed by atoms with E-state index in [0.717, 1.165) is 47.3 Å². The van der Waals surface area contributed by atoms with Crippen LogP contribution in [0.2, 0.25) is 0 Å². The molecule has 0 bridgehead atoms. The Labute approximate surface area is 176 Å². The van der Waals surface area contributed by atoms with Crippen LogP contribution in [-0.4, -0.2) is 43.5 Å². The molecule has 4 heterocycles. The number of hydrogen-bond donors (Lipinski definition) is 4. The first-order chi connectivity index (χ1) is 14.6. The minimum Gasteiger partial charge on any atom is -0.356 e. The predicted molar refractivity (Wildman–Crippen MR) is 119 cm³/mol. The number of aromatic nitrogens is 6. The highest BCUT2D eigenvalue weighted by Gasteiger charge is 2.17. The molecule has 154 valence electrons. The second-order valence-electron chi connectivity index (χ2n) is 7.40. The van der Waals surface area contributed by atoms with Gasteiger partial charge in [0.2, 0.25) is 0 Å². The quantitative estimate of drug-likeness (QED) is 0.278. The fourth-order valence-corrected chi connectivity index (χ4v) is 4.38. The summed E-state index contributed by atoms with van der Waals surface area (Å²) in [6, 6.07) is 9.72. The lowest BCUT2D eigenvalue weighted by molar-refractivity contribution is 0.880. The minimum absolute atomic E-state index is 0.102. The van der Waals surface area contributed by atoms with Gasteiger partial charge in [0.05, 0.1) is 10.9 Å². The van der Waals surface area contributed by atoms with Crippen molar-refractivity contribution >= 4 is 40.1 Å². The standard InChI is InChI=1S/C20H22N8OS/c1-12-8-17(26-24-12)21-16-10-18(28-6-2-3-7-28)23-20(22-16)30-11-13-4-5-14-15(9-13)25-27-19(14)29/h4-5,8-10H,2-3,6-7,11H2,1H3,(H2,25,27,29)(H2,21,22,23,24,26). The van der Waals surface area contributed by atoms with Crippen LogP contribution in [0.3, 0.4) is 0 Å². The van der Waals surface area contributed by atoms with Gasteiger partial charge in [0.1, 0.15) is 11.6 Å². The molecule has 1 aliphatic rings. The first-order valence-corrected chi connectivity index (χ1v) is 10.9. The van der Waals surface area contributed by atoms with Crippen LogP contribution in [0.15, 0.2) is 40.3 Å². The molecule has 3 aromatic heterocycles. The molecule has 30 heavy (non-hydrogen) atoms. The molecule has 5 rings (SSSR count). The number of benzene rings is 1. The van der Waals surface area contributed by atoms with Crippen molar-refractivity contribution in [3.05, 3.63) is 51.9 Å². The number of hydrogen-bond acceptors (Lipinski definition) is 7. The number of fused-ring (bicyclic) bond motifs is 1. The van der Waals surface area contributed by atoms with E-state index in [-0.39, 0.29) is 5.56 Å². The van der Waals surface area contributed by atoms with E-state index < -0.39 is 0 Å². The topological polar surface area (TPSA) is 118 Å². The Morgan fingerprint density at radius 3 is 2.77 bits per heavy atom. The van der Waals surface area contributed by atoms with Gasteiger partial charge >= 0.3 is 0 Å². The number of H-pyrrole nitrogens is 3. The molecule has 10 heteroatoms. The summed E-state index contributed by atoms with van der Waals surface area (Å²) in [5.74, 6) is 3.10. The van der Waals surface area contributed by atoms with Crippen molar-refractivity contribution < 1.29 is 0 Å². The van der Waals surface area contributed by atoms with Crippen molar-refractivity contribution in [3.8, 4) is 0 Å². The molecule has 1 fully saturated rings. The number of thioether (sulfide) groups is 1. The van der Waals surface area contributed by atoms with Crippen LogP contribution in [0, 0.1) is 6.92 Å². The Bertz CT molecular complexity index is 1240. The van der Waals surface area contributed by atoms with E-state index in [4.69, 9.17) is 4.98 Å². The van der Waals surface area contributed by atoms with Crippen molar-refractivity contribution in [1.29, 1.82) is 0 Å². The third kappa shape index (κ3) is 3.90. The second-order valence-corrected chi connectivity index (χ2v) is 8.34. The van der Waals surface area contributed by atoms with Crippen LogP contribution in [0.5, 0.6) is 0 Å². The van der Waals surface area contributed by atoms with Crippen molar-refractivity contribution in [2.75, 3.05) is 23.3 Å². The molecular formula is C20H22N8OS. The van der Waals surface area contributed by atoms with Gasteiger partial charge in [0.15, 0.2) is 11.0 Å². The molecule has 4 N–H and O–H groups in total. The zero-order valence-electron chi connectivity index (χ0n) is 16.5. The summed E-state index contributed by atoms with van der Waals surface area (Å²) in [5, 5.41) is 17.3. The normalized spacial score (nSPS) is 14.0. The fourth-order valence-electron chi connectivity index (χ4n) is 3.58. The molecule has 0 spiro atoms. The number of aryl methyl sites for hydroxylation is 1. The summed E-state index contributed by atoms with van der Waals surface area (Å²) >= 11 is 1.57. The van der Waals surface area contributed by atoms with Crippen LogP contribution in [-0.2, 0) is 5.75 Å². The zero-order valence-corrected chi connectivity index (χ0v) is 17.3. The summed E-state index contributed by atoms with van der Waals surface area (Å²) in [6.45, 7) is 3.99. The largest absolute Gasteiger partial charge is 0.356 e. The highest BCUT2D eigenvalue weighted by atomic mass is 32.2. The smallest absolute Gasteiger partial charge is 0.271 e. The molecule has 4 aromatic rings. The number of nitrogens with zero attached hydrogens (tertiary/aromatic N) is 4. The number of nitrogens with one attached hydrogen (secondary N) is 4. The van der Waals surface area contributed by atoms with E-state index in [1.807, 2.05) is 37.3 Å². The van der Waals surface area contributed by atoms with E-state index in [2.05, 4.69) is 35.6 Å². The molecule has 0 saturated carbocycles. The Hall–Kier alpha value is -3.27. The highest BCUT2D eigenvalue weighted by Crippen LogP contribution is 2.28. The maximum atomic E-state index is 11.7. The lowest BCUT2D eigenvalue weighted by atomic mass is 10.2. The molecule has 1 saturated heterocycles. The van der Waals surface area contributed by atoms with Gasteiger partial charge in [0, 0.05) is 36.7 Å². The Morgan fingerprint density at radius 2 is 1.97 bits per heavy atom. The Kier molecular flexibility index (Phi) is 4.91. The van der Waals surface area contributed by atoms with E-state index >= 15 is 0 Å². The van der Waals surface area contributed by atoms with Crippen molar-refractivity contribution in [2.45, 2.75) is 30.7 Å². The zero-order chi connectivity index (χ0) is 20.5. The van der Waals surface area contributed by atoms with Crippen molar-refractivity contribution in [1.82, 2.24) is 30.4 Å². The first-order valence-electron chi connectivity index (χ1n) is 9.89. The maximum Gasteiger partial charge on any atom is 0.271 e. The van der Waals surface area contributed by atoms with Crippen LogP contribution in [0.25, 0.3) is 10.9 Å². The van der Waals surface area contributed by atoms with Crippen molar-refractivity contribution in [3.63, 3.8) is 0 Å². The third-order valence-corrected chi connectivity index (χ3v) is 6.01. The maximum absolute atomic E-state index is 11.7. The monoisotopic (exact) mass is 422 g/mol. The summed E-state index contributed by atoms with van der Waals surface area (Å²) in [4.78, 5) is 23.5. The molecule has 0 unspecified atom stereocenters. The lowest BCUT2D eigenvalue weighted by Crippen LogP contribution is -2.19. The van der Waals surface area contributed by atoms with Crippen LogP contribution in [0.4, 0.5) is 17.5 Å². The van der Waals surface area contributed by atoms with E-state index in [0.29, 0.717) is 16.3 Å². The molecular weight excluding hydrogens is 400 g/mol. The van der Waals surface area contributed by atoms with Gasteiger partial charge in [-0.25, -0.2) is 9.97 Å². The Balaban J connectivity index is 1.39. The molecule has 1 aromatic carbocycles. The van der Waals surface area contributed by atoms with E-state index in [1.165, 1.54) is 12.8 Å². The lowest BCUT2D eigenvalue weighted by Gasteiger charge is -2.18. The molecule has 0 aliphatic carbocycles. The van der Waals surface area contributed by atoms with Crippen LogP contribution < -0.4 is 15.8 Å². The SMILES string of the molecule is Cc1cc(Nc2cc(N3CCCC3)nc(SCc3ccc4c(=O)[nH][nH]c4c3)n2)n[nH]1. The molecule has 0 amide bonds. The predicted octanol–water partition coefficient (Wildman–Crippen LogP) is 3.31. The van der Waals surface area contributed by atoms with Gasteiger partial charge in [-0.1, -0.05) is 17.8 Å². The Morgan fingerprint density at radius 1 is 1.10 bits per heavy atom. The second kappa shape index (κ2) is 7.86. The summed E-state index contributed by atoms with van der Waals surface area (Å²) in [7, 11) is 0.